The van der Waals surface area contributed by atoms with E-state index in [-0.39, 0.29) is 5.75 Å². The third kappa shape index (κ3) is 4.84. The molecule has 0 amide bonds. The molecule has 3 rings (SSSR count). The van der Waals surface area contributed by atoms with Gasteiger partial charge in [0.2, 0.25) is 16.0 Å². The number of imidazole rings is 1. The summed E-state index contributed by atoms with van der Waals surface area (Å²) in [6.45, 7) is 1.61. The SMILES string of the molecule is CCS(=O)(=O)Nc1ccc(Cc2ccc(Nc3ncc[nH]3)cc2)cc1. The fourth-order valence-electron chi connectivity index (χ4n) is 2.35. The summed E-state index contributed by atoms with van der Waals surface area (Å²) >= 11 is 0. The number of nitrogens with zero attached hydrogens (tertiary/aromatic N) is 1. The molecule has 0 bridgehead atoms. The highest BCUT2D eigenvalue weighted by molar-refractivity contribution is 7.92. The summed E-state index contributed by atoms with van der Waals surface area (Å²) in [7, 11) is -3.24. The standard InChI is InChI=1S/C18H20N4O2S/c1-2-25(23,24)22-17-9-5-15(6-10-17)13-14-3-7-16(8-4-14)21-18-19-11-12-20-18/h3-12,22H,2,13H2,1H3,(H2,19,20,21). The number of benzene rings is 2. The first-order valence-corrected chi connectivity index (χ1v) is 9.64. The van der Waals surface area contributed by atoms with Crippen LogP contribution in [0.25, 0.3) is 0 Å². The number of rotatable bonds is 7. The average molecular weight is 356 g/mol. The number of anilines is 3. The van der Waals surface area contributed by atoms with Crippen molar-refractivity contribution >= 4 is 27.3 Å². The van der Waals surface area contributed by atoms with Gasteiger partial charge in [0.15, 0.2) is 0 Å². The van der Waals surface area contributed by atoms with E-state index in [4.69, 9.17) is 0 Å². The van der Waals surface area contributed by atoms with Gasteiger partial charge in [-0.2, -0.15) is 0 Å². The van der Waals surface area contributed by atoms with Crippen LogP contribution in [0.5, 0.6) is 0 Å². The number of aromatic nitrogens is 2. The second kappa shape index (κ2) is 7.40. The van der Waals surface area contributed by atoms with Crippen LogP contribution < -0.4 is 10.0 Å². The lowest BCUT2D eigenvalue weighted by Gasteiger charge is -2.08. The van der Waals surface area contributed by atoms with E-state index in [1.165, 1.54) is 5.56 Å². The first-order chi connectivity index (χ1) is 12.0. The average Bonchev–Trinajstić information content (AvgIpc) is 3.11. The van der Waals surface area contributed by atoms with Crippen molar-refractivity contribution in [2.75, 3.05) is 15.8 Å². The summed E-state index contributed by atoms with van der Waals surface area (Å²) in [5.74, 6) is 0.769. The molecule has 0 saturated carbocycles. The normalized spacial score (nSPS) is 11.2. The molecule has 0 aliphatic carbocycles. The molecule has 7 heteroatoms. The summed E-state index contributed by atoms with van der Waals surface area (Å²) in [5, 5.41) is 3.18. The van der Waals surface area contributed by atoms with E-state index in [2.05, 4.69) is 32.1 Å². The third-order valence-corrected chi connectivity index (χ3v) is 5.04. The fourth-order valence-corrected chi connectivity index (χ4v) is 2.99. The van der Waals surface area contributed by atoms with Crippen LogP contribution in [0.15, 0.2) is 60.9 Å². The minimum atomic E-state index is -3.24. The Kier molecular flexibility index (Phi) is 5.04. The Labute approximate surface area is 147 Å². The van der Waals surface area contributed by atoms with Crippen LogP contribution in [0.3, 0.4) is 0 Å². The number of aromatic amines is 1. The highest BCUT2D eigenvalue weighted by Gasteiger charge is 2.06. The van der Waals surface area contributed by atoms with Gasteiger partial charge >= 0.3 is 0 Å². The van der Waals surface area contributed by atoms with Crippen LogP contribution in [-0.4, -0.2) is 24.1 Å². The lowest BCUT2D eigenvalue weighted by Crippen LogP contribution is -2.14. The molecule has 6 nitrogen and oxygen atoms in total. The van der Waals surface area contributed by atoms with Gasteiger partial charge in [-0.15, -0.1) is 0 Å². The summed E-state index contributed by atoms with van der Waals surface area (Å²) in [6, 6.07) is 15.6. The smallest absolute Gasteiger partial charge is 0.232 e. The molecular formula is C18H20N4O2S. The summed E-state index contributed by atoms with van der Waals surface area (Å²) in [6.07, 6.45) is 4.24. The fraction of sp³-hybridized carbons (Fsp3) is 0.167. The van der Waals surface area contributed by atoms with E-state index in [0.29, 0.717) is 11.6 Å². The summed E-state index contributed by atoms with van der Waals surface area (Å²) < 4.78 is 25.7. The zero-order chi connectivity index (χ0) is 17.7. The predicted molar refractivity (Wildman–Crippen MR) is 101 cm³/mol. The van der Waals surface area contributed by atoms with E-state index in [9.17, 15) is 8.42 Å². The van der Waals surface area contributed by atoms with Crippen molar-refractivity contribution in [2.45, 2.75) is 13.3 Å². The molecule has 1 aromatic heterocycles. The van der Waals surface area contributed by atoms with Crippen LogP contribution in [0.2, 0.25) is 0 Å². The van der Waals surface area contributed by atoms with Gasteiger partial charge in [-0.05, 0) is 48.7 Å². The van der Waals surface area contributed by atoms with Gasteiger partial charge in [-0.3, -0.25) is 4.72 Å². The van der Waals surface area contributed by atoms with Gasteiger partial charge < -0.3 is 10.3 Å². The predicted octanol–water partition coefficient (Wildman–Crippen LogP) is 3.51. The molecule has 2 aromatic carbocycles. The molecule has 25 heavy (non-hydrogen) atoms. The van der Waals surface area contributed by atoms with E-state index < -0.39 is 10.0 Å². The highest BCUT2D eigenvalue weighted by atomic mass is 32.2. The second-order valence-electron chi connectivity index (χ2n) is 5.64. The van der Waals surface area contributed by atoms with E-state index in [1.54, 1.807) is 31.5 Å². The molecule has 130 valence electrons. The van der Waals surface area contributed by atoms with Crippen molar-refractivity contribution < 1.29 is 8.42 Å². The Balaban J connectivity index is 1.62. The second-order valence-corrected chi connectivity index (χ2v) is 7.65. The van der Waals surface area contributed by atoms with E-state index in [1.807, 2.05) is 24.3 Å². The van der Waals surface area contributed by atoms with Crippen LogP contribution in [-0.2, 0) is 16.4 Å². The monoisotopic (exact) mass is 356 g/mol. The van der Waals surface area contributed by atoms with E-state index in [0.717, 1.165) is 17.7 Å². The molecule has 0 saturated heterocycles. The molecule has 0 fully saturated rings. The maximum absolute atomic E-state index is 11.6. The number of nitrogens with one attached hydrogen (secondary N) is 3. The quantitative estimate of drug-likeness (QED) is 0.605. The van der Waals surface area contributed by atoms with Crippen LogP contribution in [0.1, 0.15) is 18.1 Å². The van der Waals surface area contributed by atoms with Gasteiger partial charge in [0.1, 0.15) is 0 Å². The number of hydrogen-bond acceptors (Lipinski definition) is 4. The lowest BCUT2D eigenvalue weighted by atomic mass is 10.0. The van der Waals surface area contributed by atoms with Crippen LogP contribution >= 0.6 is 0 Å². The zero-order valence-electron chi connectivity index (χ0n) is 13.9. The van der Waals surface area contributed by atoms with Crippen molar-refractivity contribution in [3.8, 4) is 0 Å². The lowest BCUT2D eigenvalue weighted by molar-refractivity contribution is 0.602. The molecule has 0 atom stereocenters. The Bertz CT molecular complexity index is 903. The first kappa shape index (κ1) is 17.0. The van der Waals surface area contributed by atoms with Crippen molar-refractivity contribution in [3.05, 3.63) is 72.1 Å². The molecule has 1 heterocycles. The Morgan fingerprint density at radius 3 is 2.08 bits per heavy atom. The Morgan fingerprint density at radius 1 is 0.960 bits per heavy atom. The van der Waals surface area contributed by atoms with Crippen molar-refractivity contribution in [2.24, 2.45) is 0 Å². The summed E-state index contributed by atoms with van der Waals surface area (Å²) in [4.78, 5) is 7.12. The summed E-state index contributed by atoms with van der Waals surface area (Å²) in [5.41, 5.74) is 3.84. The van der Waals surface area contributed by atoms with Gasteiger partial charge in [-0.25, -0.2) is 13.4 Å². The van der Waals surface area contributed by atoms with Crippen LogP contribution in [0, 0.1) is 0 Å². The molecule has 0 spiro atoms. The first-order valence-electron chi connectivity index (χ1n) is 7.99. The minimum Gasteiger partial charge on any atom is -0.331 e. The molecule has 0 aliphatic rings. The molecule has 0 radical (unpaired) electrons. The van der Waals surface area contributed by atoms with Crippen molar-refractivity contribution in [1.82, 2.24) is 9.97 Å². The maximum atomic E-state index is 11.6. The molecule has 3 aromatic rings. The zero-order valence-corrected chi connectivity index (χ0v) is 14.7. The molecular weight excluding hydrogens is 336 g/mol. The molecule has 0 unspecified atom stereocenters. The molecule has 3 N–H and O–H groups in total. The van der Waals surface area contributed by atoms with Gasteiger partial charge in [0, 0.05) is 23.8 Å². The van der Waals surface area contributed by atoms with E-state index >= 15 is 0 Å². The topological polar surface area (TPSA) is 86.9 Å². The maximum Gasteiger partial charge on any atom is 0.232 e. The minimum absolute atomic E-state index is 0.0626. The number of H-pyrrole nitrogens is 1. The largest absolute Gasteiger partial charge is 0.331 e. The van der Waals surface area contributed by atoms with Crippen molar-refractivity contribution in [1.29, 1.82) is 0 Å². The highest BCUT2D eigenvalue weighted by Crippen LogP contribution is 2.18. The van der Waals surface area contributed by atoms with Gasteiger partial charge in [-0.1, -0.05) is 24.3 Å². The van der Waals surface area contributed by atoms with Crippen LogP contribution in [0.4, 0.5) is 17.3 Å². The van der Waals surface area contributed by atoms with Gasteiger partial charge in [0.05, 0.1) is 5.75 Å². The number of sulfonamides is 1. The van der Waals surface area contributed by atoms with Gasteiger partial charge in [0.25, 0.3) is 0 Å². The third-order valence-electron chi connectivity index (χ3n) is 3.73. The molecule has 0 aliphatic heterocycles. The Hall–Kier alpha value is -2.80. The van der Waals surface area contributed by atoms with Crippen molar-refractivity contribution in [3.63, 3.8) is 0 Å². The Morgan fingerprint density at radius 2 is 1.56 bits per heavy atom. The number of hydrogen-bond donors (Lipinski definition) is 3.